The molecule has 0 bridgehead atoms. The highest BCUT2D eigenvalue weighted by Gasteiger charge is 2.47. The summed E-state index contributed by atoms with van der Waals surface area (Å²) in [6.07, 6.45) is 4.63. The molecule has 3 unspecified atom stereocenters. The number of aliphatic hydroxyl groups excluding tert-OH is 1. The highest BCUT2D eigenvalue weighted by Crippen LogP contribution is 2.55. The molecule has 2 aliphatic rings. The second-order valence-corrected chi connectivity index (χ2v) is 6.44. The summed E-state index contributed by atoms with van der Waals surface area (Å²) in [4.78, 5) is 0. The predicted octanol–water partition coefficient (Wildman–Crippen LogP) is 3.79. The molecule has 0 aliphatic heterocycles. The first kappa shape index (κ1) is 11.5. The van der Waals surface area contributed by atoms with Gasteiger partial charge < -0.3 is 5.11 Å². The van der Waals surface area contributed by atoms with Crippen LogP contribution in [0.4, 0.5) is 0 Å². The third-order valence-electron chi connectivity index (χ3n) is 5.08. The Balaban J connectivity index is 1.51. The summed E-state index contributed by atoms with van der Waals surface area (Å²) in [5.74, 6) is 2.46. The van der Waals surface area contributed by atoms with E-state index in [1.807, 2.05) is 0 Å². The van der Waals surface area contributed by atoms with Gasteiger partial charge in [0.05, 0.1) is 6.10 Å². The van der Waals surface area contributed by atoms with Crippen LogP contribution in [0.25, 0.3) is 10.8 Å². The fraction of sp³-hybridized carbons (Fsp3) is 0.444. The van der Waals surface area contributed by atoms with Crippen LogP contribution in [0.15, 0.2) is 42.5 Å². The van der Waals surface area contributed by atoms with Gasteiger partial charge in [0, 0.05) is 0 Å². The van der Waals surface area contributed by atoms with Crippen LogP contribution in [0.5, 0.6) is 0 Å². The van der Waals surface area contributed by atoms with E-state index >= 15 is 0 Å². The van der Waals surface area contributed by atoms with Gasteiger partial charge in [-0.05, 0) is 59.8 Å². The minimum atomic E-state index is -0.144. The first-order valence-electron chi connectivity index (χ1n) is 7.45. The van der Waals surface area contributed by atoms with E-state index in [0.29, 0.717) is 5.92 Å². The van der Waals surface area contributed by atoms with Gasteiger partial charge in [0.15, 0.2) is 0 Å². The van der Waals surface area contributed by atoms with Crippen molar-refractivity contribution in [2.24, 2.45) is 17.8 Å². The number of hydrogen-bond acceptors (Lipinski definition) is 1. The summed E-state index contributed by atoms with van der Waals surface area (Å²) in [5.41, 5.74) is 1.27. The van der Waals surface area contributed by atoms with Gasteiger partial charge in [-0.25, -0.2) is 0 Å². The molecule has 0 radical (unpaired) electrons. The van der Waals surface area contributed by atoms with Gasteiger partial charge in [-0.1, -0.05) is 42.5 Å². The van der Waals surface area contributed by atoms with Crippen LogP contribution in [0.3, 0.4) is 0 Å². The molecular formula is C18H20O. The van der Waals surface area contributed by atoms with E-state index in [1.54, 1.807) is 0 Å². The largest absolute Gasteiger partial charge is 0.392 e. The van der Waals surface area contributed by atoms with Crippen LogP contribution in [0.2, 0.25) is 0 Å². The quantitative estimate of drug-likeness (QED) is 0.881. The normalized spacial score (nSPS) is 30.3. The Bertz CT molecular complexity index is 593. The smallest absolute Gasteiger partial charge is 0.0608 e. The van der Waals surface area contributed by atoms with E-state index in [2.05, 4.69) is 42.5 Å². The number of aliphatic hydroxyl groups is 1. The lowest BCUT2D eigenvalue weighted by atomic mass is 9.91. The molecule has 0 heterocycles. The van der Waals surface area contributed by atoms with Gasteiger partial charge in [-0.3, -0.25) is 0 Å². The summed E-state index contributed by atoms with van der Waals surface area (Å²) in [7, 11) is 0. The molecule has 2 fully saturated rings. The summed E-state index contributed by atoms with van der Waals surface area (Å²) in [6.45, 7) is 0. The monoisotopic (exact) mass is 252 g/mol. The number of benzene rings is 2. The molecule has 3 atom stereocenters. The Morgan fingerprint density at radius 3 is 2.47 bits per heavy atom. The molecule has 2 aromatic rings. The van der Waals surface area contributed by atoms with Gasteiger partial charge in [0.25, 0.3) is 0 Å². The molecule has 1 nitrogen and oxygen atoms in total. The second kappa shape index (κ2) is 4.35. The van der Waals surface area contributed by atoms with E-state index < -0.39 is 0 Å². The maximum Gasteiger partial charge on any atom is 0.0608 e. The third-order valence-corrected chi connectivity index (χ3v) is 5.08. The highest BCUT2D eigenvalue weighted by molar-refractivity contribution is 5.82. The lowest BCUT2D eigenvalue weighted by Crippen LogP contribution is -2.21. The predicted molar refractivity (Wildman–Crippen MR) is 78.0 cm³/mol. The highest BCUT2D eigenvalue weighted by atomic mass is 16.3. The van der Waals surface area contributed by atoms with E-state index in [4.69, 9.17) is 0 Å². The van der Waals surface area contributed by atoms with Crippen LogP contribution in [0.1, 0.15) is 24.8 Å². The van der Waals surface area contributed by atoms with Crippen LogP contribution >= 0.6 is 0 Å². The molecule has 0 amide bonds. The molecular weight excluding hydrogens is 232 g/mol. The molecule has 0 spiro atoms. The first-order valence-corrected chi connectivity index (χ1v) is 7.45. The zero-order valence-electron chi connectivity index (χ0n) is 11.1. The summed E-state index contributed by atoms with van der Waals surface area (Å²) in [6, 6.07) is 15.0. The van der Waals surface area contributed by atoms with Crippen molar-refractivity contribution >= 4 is 10.8 Å². The molecule has 0 aromatic heterocycles. The van der Waals surface area contributed by atoms with E-state index in [9.17, 15) is 5.11 Å². The topological polar surface area (TPSA) is 20.2 Å². The van der Waals surface area contributed by atoms with E-state index in [0.717, 1.165) is 18.3 Å². The van der Waals surface area contributed by atoms with Crippen molar-refractivity contribution in [3.8, 4) is 0 Å². The summed E-state index contributed by atoms with van der Waals surface area (Å²) >= 11 is 0. The van der Waals surface area contributed by atoms with Gasteiger partial charge in [0.1, 0.15) is 0 Å². The number of hydrogen-bond donors (Lipinski definition) is 1. The molecule has 2 aromatic carbocycles. The van der Waals surface area contributed by atoms with Crippen molar-refractivity contribution < 1.29 is 5.11 Å². The molecule has 1 heteroatoms. The maximum absolute atomic E-state index is 10.4. The van der Waals surface area contributed by atoms with Crippen LogP contribution in [-0.2, 0) is 6.42 Å². The second-order valence-electron chi connectivity index (χ2n) is 6.44. The minimum absolute atomic E-state index is 0.144. The Morgan fingerprint density at radius 1 is 0.947 bits per heavy atom. The van der Waals surface area contributed by atoms with Gasteiger partial charge in [-0.15, -0.1) is 0 Å². The number of fused-ring (bicyclic) bond motifs is 2. The van der Waals surface area contributed by atoms with Gasteiger partial charge in [0.2, 0.25) is 0 Å². The van der Waals surface area contributed by atoms with Crippen molar-refractivity contribution in [3.05, 3.63) is 48.0 Å². The minimum Gasteiger partial charge on any atom is -0.392 e. The van der Waals surface area contributed by atoms with Crippen molar-refractivity contribution in [2.75, 3.05) is 0 Å². The molecule has 98 valence electrons. The first-order chi connectivity index (χ1) is 9.29. The Morgan fingerprint density at radius 2 is 1.68 bits per heavy atom. The maximum atomic E-state index is 10.4. The van der Waals surface area contributed by atoms with Crippen LogP contribution < -0.4 is 0 Å². The number of rotatable bonds is 3. The Kier molecular flexibility index (Phi) is 2.63. The zero-order valence-corrected chi connectivity index (χ0v) is 11.1. The van der Waals surface area contributed by atoms with Crippen molar-refractivity contribution in [1.82, 2.24) is 0 Å². The van der Waals surface area contributed by atoms with E-state index in [-0.39, 0.29) is 6.10 Å². The fourth-order valence-electron chi connectivity index (χ4n) is 3.85. The Labute approximate surface area is 114 Å². The molecule has 19 heavy (non-hydrogen) atoms. The molecule has 2 aliphatic carbocycles. The molecule has 1 N–H and O–H groups in total. The van der Waals surface area contributed by atoms with Crippen LogP contribution in [0, 0.1) is 17.8 Å². The standard InChI is InChI=1S/C18H20O/c19-18(17-10-15-9-16(15)11-17)8-12-5-6-13-3-1-2-4-14(13)7-12/h1-7,15-19H,8-11H2. The summed E-state index contributed by atoms with van der Waals surface area (Å²) < 4.78 is 0. The Hall–Kier alpha value is -1.34. The molecule has 0 saturated heterocycles. The average molecular weight is 252 g/mol. The zero-order chi connectivity index (χ0) is 12.8. The SMILES string of the molecule is OC(Cc1ccc2ccccc2c1)C1CC2CC2C1. The van der Waals surface area contributed by atoms with Crippen molar-refractivity contribution in [1.29, 1.82) is 0 Å². The lowest BCUT2D eigenvalue weighted by Gasteiger charge is -2.19. The lowest BCUT2D eigenvalue weighted by molar-refractivity contribution is 0.104. The molecule has 2 saturated carbocycles. The fourth-order valence-corrected chi connectivity index (χ4v) is 3.85. The van der Waals surface area contributed by atoms with Crippen molar-refractivity contribution in [3.63, 3.8) is 0 Å². The van der Waals surface area contributed by atoms with Gasteiger partial charge >= 0.3 is 0 Å². The molecule has 4 rings (SSSR count). The van der Waals surface area contributed by atoms with E-state index in [1.165, 1.54) is 35.6 Å². The third kappa shape index (κ3) is 2.17. The van der Waals surface area contributed by atoms with Gasteiger partial charge in [-0.2, -0.15) is 0 Å². The summed E-state index contributed by atoms with van der Waals surface area (Å²) in [5, 5.41) is 13.0. The van der Waals surface area contributed by atoms with Crippen LogP contribution in [-0.4, -0.2) is 11.2 Å². The average Bonchev–Trinajstić information content (AvgIpc) is 3.05. The van der Waals surface area contributed by atoms with Crippen molar-refractivity contribution in [2.45, 2.75) is 31.8 Å².